The number of ether oxygens (including phenoxy) is 1. The van der Waals surface area contributed by atoms with Crippen molar-refractivity contribution in [3.05, 3.63) is 70.8 Å². The molecule has 0 spiro atoms. The molecule has 0 aliphatic heterocycles. The highest BCUT2D eigenvalue weighted by atomic mass is 19.4. The zero-order valence-electron chi connectivity index (χ0n) is 11.6. The van der Waals surface area contributed by atoms with Crippen LogP contribution in [0.4, 0.5) is 13.2 Å². The molecule has 2 aromatic rings. The maximum absolute atomic E-state index is 12.6. The number of fused-ring (bicyclic) bond motifs is 1. The van der Waals surface area contributed by atoms with Gasteiger partial charge < -0.3 is 10.5 Å². The molecule has 0 saturated carbocycles. The monoisotopic (exact) mass is 305 g/mol. The molecule has 114 valence electrons. The van der Waals surface area contributed by atoms with Crippen LogP contribution in [0.25, 0.3) is 6.08 Å². The van der Waals surface area contributed by atoms with Crippen LogP contribution in [0.15, 0.2) is 54.1 Å². The fourth-order valence-electron chi connectivity index (χ4n) is 2.52. The number of hydrogen-bond donors (Lipinski definition) is 1. The third-order valence-electron chi connectivity index (χ3n) is 3.63. The Morgan fingerprint density at radius 2 is 1.68 bits per heavy atom. The van der Waals surface area contributed by atoms with Gasteiger partial charge in [-0.15, -0.1) is 0 Å². The van der Waals surface area contributed by atoms with Crippen LogP contribution in [0.3, 0.4) is 0 Å². The second-order valence-corrected chi connectivity index (χ2v) is 5.07. The van der Waals surface area contributed by atoms with Gasteiger partial charge in [-0.25, -0.2) is 0 Å². The lowest BCUT2D eigenvalue weighted by molar-refractivity contribution is -0.137. The van der Waals surface area contributed by atoms with E-state index in [9.17, 15) is 13.2 Å². The Bertz CT molecular complexity index is 705. The topological polar surface area (TPSA) is 35.2 Å². The van der Waals surface area contributed by atoms with Crippen LogP contribution < -0.4 is 10.5 Å². The zero-order chi connectivity index (χ0) is 15.7. The highest BCUT2D eigenvalue weighted by Crippen LogP contribution is 2.38. The van der Waals surface area contributed by atoms with Crippen LogP contribution in [-0.2, 0) is 6.18 Å². The maximum Gasteiger partial charge on any atom is 0.416 e. The summed E-state index contributed by atoms with van der Waals surface area (Å²) in [5, 5.41) is 0. The number of alkyl halides is 3. The van der Waals surface area contributed by atoms with Crippen molar-refractivity contribution in [1.82, 2.24) is 0 Å². The average molecular weight is 305 g/mol. The first-order chi connectivity index (χ1) is 10.5. The van der Waals surface area contributed by atoms with Gasteiger partial charge in [0.05, 0.1) is 5.56 Å². The summed E-state index contributed by atoms with van der Waals surface area (Å²) in [4.78, 5) is 0. The van der Waals surface area contributed by atoms with Crippen LogP contribution in [0.2, 0.25) is 0 Å². The third-order valence-corrected chi connectivity index (χ3v) is 3.63. The Balaban J connectivity index is 1.85. The first-order valence-corrected chi connectivity index (χ1v) is 6.82. The summed E-state index contributed by atoms with van der Waals surface area (Å²) in [6.07, 6.45) is -2.73. The second kappa shape index (κ2) is 5.50. The van der Waals surface area contributed by atoms with Crippen LogP contribution >= 0.6 is 0 Å². The van der Waals surface area contributed by atoms with E-state index in [1.165, 1.54) is 12.1 Å². The lowest BCUT2D eigenvalue weighted by Gasteiger charge is -2.19. The van der Waals surface area contributed by atoms with E-state index in [4.69, 9.17) is 10.5 Å². The number of nitrogens with two attached hydrogens (primary N) is 1. The van der Waals surface area contributed by atoms with Gasteiger partial charge in [0, 0.05) is 12.1 Å². The van der Waals surface area contributed by atoms with Crippen molar-refractivity contribution in [2.75, 3.05) is 6.54 Å². The van der Waals surface area contributed by atoms with Crippen LogP contribution in [0, 0.1) is 0 Å². The molecule has 2 nitrogen and oxygen atoms in total. The van der Waals surface area contributed by atoms with Crippen LogP contribution in [0.5, 0.6) is 5.75 Å². The van der Waals surface area contributed by atoms with Gasteiger partial charge in [-0.3, -0.25) is 0 Å². The van der Waals surface area contributed by atoms with Crippen molar-refractivity contribution in [2.24, 2.45) is 5.73 Å². The first kappa shape index (κ1) is 14.7. The summed E-state index contributed by atoms with van der Waals surface area (Å²) in [6, 6.07) is 12.4. The number of rotatable bonds is 3. The highest BCUT2D eigenvalue weighted by molar-refractivity contribution is 5.66. The van der Waals surface area contributed by atoms with Crippen molar-refractivity contribution < 1.29 is 17.9 Å². The van der Waals surface area contributed by atoms with Crippen molar-refractivity contribution in [3.63, 3.8) is 0 Å². The summed E-state index contributed by atoms with van der Waals surface area (Å²) in [7, 11) is 0. The van der Waals surface area contributed by atoms with E-state index in [1.807, 2.05) is 30.3 Å². The molecule has 0 radical (unpaired) electrons. The maximum atomic E-state index is 12.6. The number of halogens is 3. The third kappa shape index (κ3) is 2.72. The molecule has 0 bridgehead atoms. The lowest BCUT2D eigenvalue weighted by Crippen LogP contribution is -2.14. The van der Waals surface area contributed by atoms with E-state index in [1.54, 1.807) is 0 Å². The number of hydrogen-bond acceptors (Lipinski definition) is 2. The summed E-state index contributed by atoms with van der Waals surface area (Å²) in [6.45, 7) is 0.333. The van der Waals surface area contributed by atoms with Gasteiger partial charge in [0.25, 0.3) is 0 Å². The standard InChI is InChI=1S/C17H14F3NO/c18-17(19,20)13-5-7-14(8-6-13)22-16-12(10-21)9-11-3-1-2-4-15(11)16/h1-9,16H,10,21H2. The van der Waals surface area contributed by atoms with Gasteiger partial charge in [0.2, 0.25) is 0 Å². The molecular formula is C17H14F3NO. The molecule has 1 aliphatic carbocycles. The Morgan fingerprint density at radius 1 is 1.00 bits per heavy atom. The molecule has 1 atom stereocenters. The molecule has 2 aromatic carbocycles. The van der Waals surface area contributed by atoms with Crippen molar-refractivity contribution >= 4 is 6.08 Å². The zero-order valence-corrected chi connectivity index (χ0v) is 11.6. The second-order valence-electron chi connectivity index (χ2n) is 5.07. The quantitative estimate of drug-likeness (QED) is 0.923. The minimum Gasteiger partial charge on any atom is -0.481 e. The van der Waals surface area contributed by atoms with Crippen LogP contribution in [0.1, 0.15) is 22.8 Å². The fourth-order valence-corrected chi connectivity index (χ4v) is 2.52. The van der Waals surface area contributed by atoms with Gasteiger partial charge in [-0.2, -0.15) is 13.2 Å². The Hall–Kier alpha value is -2.27. The fraction of sp³-hybridized carbons (Fsp3) is 0.176. The Morgan fingerprint density at radius 3 is 2.32 bits per heavy atom. The SMILES string of the molecule is NCC1=Cc2ccccc2C1Oc1ccc(C(F)(F)F)cc1. The molecule has 2 N–H and O–H groups in total. The van der Waals surface area contributed by atoms with Gasteiger partial charge in [-0.05, 0) is 35.4 Å². The molecule has 0 fully saturated rings. The Labute approximate surface area is 126 Å². The van der Waals surface area contributed by atoms with E-state index in [2.05, 4.69) is 0 Å². The number of benzene rings is 2. The minimum atomic E-state index is -4.35. The van der Waals surface area contributed by atoms with E-state index >= 15 is 0 Å². The van der Waals surface area contributed by atoms with Crippen molar-refractivity contribution in [1.29, 1.82) is 0 Å². The lowest BCUT2D eigenvalue weighted by atomic mass is 10.1. The minimum absolute atomic E-state index is 0.333. The first-order valence-electron chi connectivity index (χ1n) is 6.82. The molecule has 3 rings (SSSR count). The summed E-state index contributed by atoms with van der Waals surface area (Å²) < 4.78 is 43.6. The molecule has 1 aliphatic rings. The molecule has 0 aromatic heterocycles. The van der Waals surface area contributed by atoms with Crippen molar-refractivity contribution in [3.8, 4) is 5.75 Å². The predicted molar refractivity (Wildman–Crippen MR) is 78.3 cm³/mol. The van der Waals surface area contributed by atoms with E-state index in [0.717, 1.165) is 28.8 Å². The van der Waals surface area contributed by atoms with Crippen molar-refractivity contribution in [2.45, 2.75) is 12.3 Å². The normalized spacial score (nSPS) is 17.1. The highest BCUT2D eigenvalue weighted by Gasteiger charge is 2.30. The predicted octanol–water partition coefficient (Wildman–Crippen LogP) is 4.18. The van der Waals surface area contributed by atoms with Crippen LogP contribution in [-0.4, -0.2) is 6.54 Å². The van der Waals surface area contributed by atoms with Gasteiger partial charge >= 0.3 is 6.18 Å². The summed E-state index contributed by atoms with van der Waals surface area (Å²) in [5.41, 5.74) is 7.95. The largest absolute Gasteiger partial charge is 0.481 e. The van der Waals surface area contributed by atoms with E-state index in [0.29, 0.717) is 12.3 Å². The molecule has 1 unspecified atom stereocenters. The molecule has 22 heavy (non-hydrogen) atoms. The average Bonchev–Trinajstić information content (AvgIpc) is 2.85. The molecule has 0 heterocycles. The molecule has 5 heteroatoms. The van der Waals surface area contributed by atoms with E-state index in [-0.39, 0.29) is 6.10 Å². The summed E-state index contributed by atoms with van der Waals surface area (Å²) in [5.74, 6) is 0.383. The van der Waals surface area contributed by atoms with Gasteiger partial charge in [0.1, 0.15) is 11.9 Å². The smallest absolute Gasteiger partial charge is 0.416 e. The Kier molecular flexibility index (Phi) is 3.66. The van der Waals surface area contributed by atoms with E-state index < -0.39 is 11.7 Å². The summed E-state index contributed by atoms with van der Waals surface area (Å²) >= 11 is 0. The molecule has 0 amide bonds. The molecular weight excluding hydrogens is 291 g/mol. The molecule has 0 saturated heterocycles. The van der Waals surface area contributed by atoms with Gasteiger partial charge in [0.15, 0.2) is 0 Å². The van der Waals surface area contributed by atoms with Gasteiger partial charge in [-0.1, -0.05) is 30.3 Å².